The van der Waals surface area contributed by atoms with Crippen LogP contribution in [0.25, 0.3) is 0 Å². The van der Waals surface area contributed by atoms with Crippen LogP contribution in [-0.4, -0.2) is 33.5 Å². The van der Waals surface area contributed by atoms with Crippen molar-refractivity contribution in [2.24, 2.45) is 0 Å². The van der Waals surface area contributed by atoms with Crippen LogP contribution < -0.4 is 5.32 Å². The molecule has 0 spiro atoms. The van der Waals surface area contributed by atoms with Gasteiger partial charge < -0.3 is 10.1 Å². The molecule has 1 rings (SSSR count). The van der Waals surface area contributed by atoms with Crippen molar-refractivity contribution < 1.29 is 4.74 Å². The molecule has 0 aliphatic heterocycles. The van der Waals surface area contributed by atoms with E-state index in [-0.39, 0.29) is 5.60 Å². The minimum absolute atomic E-state index is 0.0960. The molecule has 0 saturated heterocycles. The molecule has 5 heteroatoms. The zero-order chi connectivity index (χ0) is 12.7. The first-order valence-electron chi connectivity index (χ1n) is 6.24. The third-order valence-electron chi connectivity index (χ3n) is 2.24. The van der Waals surface area contributed by atoms with Gasteiger partial charge in [-0.2, -0.15) is 5.10 Å². The molecule has 1 aromatic heterocycles. The maximum Gasteiger partial charge on any atom is 0.140 e. The Morgan fingerprint density at radius 3 is 2.82 bits per heavy atom. The van der Waals surface area contributed by atoms with E-state index in [9.17, 15) is 0 Å². The smallest absolute Gasteiger partial charge is 0.140 e. The molecule has 0 unspecified atom stereocenters. The summed E-state index contributed by atoms with van der Waals surface area (Å²) in [7, 11) is 0. The molecule has 1 N–H and O–H groups in total. The summed E-state index contributed by atoms with van der Waals surface area (Å²) in [5.41, 5.74) is -0.0960. The maximum atomic E-state index is 5.67. The Morgan fingerprint density at radius 2 is 2.18 bits per heavy atom. The molecule has 98 valence electrons. The predicted molar refractivity (Wildman–Crippen MR) is 67.7 cm³/mol. The SMILES string of the molecule is CCCNCc1ncnn1CCOC(C)(C)C. The van der Waals surface area contributed by atoms with Crippen LogP contribution in [0.5, 0.6) is 0 Å². The van der Waals surface area contributed by atoms with Crippen LogP contribution in [0.4, 0.5) is 0 Å². The quantitative estimate of drug-likeness (QED) is 0.735. The molecule has 0 radical (unpaired) electrons. The van der Waals surface area contributed by atoms with Crippen LogP contribution in [-0.2, 0) is 17.8 Å². The second kappa shape index (κ2) is 6.71. The van der Waals surface area contributed by atoms with Gasteiger partial charge in [-0.1, -0.05) is 6.92 Å². The van der Waals surface area contributed by atoms with E-state index in [1.54, 1.807) is 6.33 Å². The molecular weight excluding hydrogens is 216 g/mol. The molecule has 0 aliphatic rings. The van der Waals surface area contributed by atoms with E-state index in [1.807, 2.05) is 4.68 Å². The predicted octanol–water partition coefficient (Wildman–Crippen LogP) is 1.59. The Hall–Kier alpha value is -0.940. The van der Waals surface area contributed by atoms with Crippen molar-refractivity contribution in [3.8, 4) is 0 Å². The Balaban J connectivity index is 2.35. The molecule has 17 heavy (non-hydrogen) atoms. The van der Waals surface area contributed by atoms with E-state index in [4.69, 9.17) is 4.74 Å². The van der Waals surface area contributed by atoms with Gasteiger partial charge >= 0.3 is 0 Å². The van der Waals surface area contributed by atoms with Gasteiger partial charge in [0.1, 0.15) is 12.2 Å². The van der Waals surface area contributed by atoms with Gasteiger partial charge in [-0.3, -0.25) is 0 Å². The summed E-state index contributed by atoms with van der Waals surface area (Å²) in [5.74, 6) is 0.968. The maximum absolute atomic E-state index is 5.67. The van der Waals surface area contributed by atoms with Crippen LogP contribution >= 0.6 is 0 Å². The largest absolute Gasteiger partial charge is 0.374 e. The molecule has 1 heterocycles. The Morgan fingerprint density at radius 1 is 1.41 bits per heavy atom. The highest BCUT2D eigenvalue weighted by Crippen LogP contribution is 2.06. The van der Waals surface area contributed by atoms with E-state index in [1.165, 1.54) is 0 Å². The molecule has 0 bridgehead atoms. The number of hydrogen-bond donors (Lipinski definition) is 1. The fourth-order valence-corrected chi connectivity index (χ4v) is 1.43. The van der Waals surface area contributed by atoms with Crippen molar-refractivity contribution >= 4 is 0 Å². The number of nitrogens with zero attached hydrogens (tertiary/aromatic N) is 3. The Kier molecular flexibility index (Phi) is 5.58. The highest BCUT2D eigenvalue weighted by molar-refractivity contribution is 4.83. The second-order valence-electron chi connectivity index (χ2n) is 5.04. The van der Waals surface area contributed by atoms with Crippen molar-refractivity contribution in [2.75, 3.05) is 13.2 Å². The van der Waals surface area contributed by atoms with Crippen molar-refractivity contribution in [1.82, 2.24) is 20.1 Å². The number of rotatable bonds is 7. The van der Waals surface area contributed by atoms with Crippen molar-refractivity contribution in [3.63, 3.8) is 0 Å². The molecular formula is C12H24N4O. The van der Waals surface area contributed by atoms with Crippen molar-refractivity contribution in [1.29, 1.82) is 0 Å². The van der Waals surface area contributed by atoms with Gasteiger partial charge in [-0.05, 0) is 33.7 Å². The van der Waals surface area contributed by atoms with Gasteiger partial charge in [0.15, 0.2) is 0 Å². The van der Waals surface area contributed by atoms with Crippen LogP contribution in [0.15, 0.2) is 6.33 Å². The fraction of sp³-hybridized carbons (Fsp3) is 0.833. The van der Waals surface area contributed by atoms with Crippen molar-refractivity contribution in [2.45, 2.75) is 52.8 Å². The average Bonchev–Trinajstić information content (AvgIpc) is 2.64. The van der Waals surface area contributed by atoms with Gasteiger partial charge in [0.05, 0.1) is 25.3 Å². The number of ether oxygens (including phenoxy) is 1. The summed E-state index contributed by atoms with van der Waals surface area (Å²) in [6.45, 7) is 11.5. The summed E-state index contributed by atoms with van der Waals surface area (Å²) in [6, 6.07) is 0. The molecule has 5 nitrogen and oxygen atoms in total. The van der Waals surface area contributed by atoms with Gasteiger partial charge in [-0.25, -0.2) is 9.67 Å². The average molecular weight is 240 g/mol. The summed E-state index contributed by atoms with van der Waals surface area (Å²) in [4.78, 5) is 4.24. The Labute approximate surface area is 104 Å². The molecule has 0 amide bonds. The lowest BCUT2D eigenvalue weighted by atomic mass is 10.2. The topological polar surface area (TPSA) is 52.0 Å². The van der Waals surface area contributed by atoms with Crippen LogP contribution in [0.1, 0.15) is 39.9 Å². The van der Waals surface area contributed by atoms with Crippen LogP contribution in [0, 0.1) is 0 Å². The second-order valence-corrected chi connectivity index (χ2v) is 5.04. The van der Waals surface area contributed by atoms with Gasteiger partial charge in [0.2, 0.25) is 0 Å². The summed E-state index contributed by atoms with van der Waals surface area (Å²) in [5, 5.41) is 7.52. The van der Waals surface area contributed by atoms with E-state index in [0.717, 1.165) is 31.9 Å². The van der Waals surface area contributed by atoms with E-state index < -0.39 is 0 Å². The lowest BCUT2D eigenvalue weighted by molar-refractivity contribution is -0.00822. The summed E-state index contributed by atoms with van der Waals surface area (Å²) >= 11 is 0. The van der Waals surface area contributed by atoms with Crippen molar-refractivity contribution in [3.05, 3.63) is 12.2 Å². The van der Waals surface area contributed by atoms with Crippen LogP contribution in [0.2, 0.25) is 0 Å². The van der Waals surface area contributed by atoms with E-state index >= 15 is 0 Å². The number of nitrogens with one attached hydrogen (secondary N) is 1. The molecule has 0 atom stereocenters. The van der Waals surface area contributed by atoms with Gasteiger partial charge in [0, 0.05) is 0 Å². The minimum atomic E-state index is -0.0960. The zero-order valence-electron chi connectivity index (χ0n) is 11.4. The highest BCUT2D eigenvalue weighted by atomic mass is 16.5. The third kappa shape index (κ3) is 5.79. The normalized spacial score (nSPS) is 12.0. The highest BCUT2D eigenvalue weighted by Gasteiger charge is 2.10. The first-order valence-corrected chi connectivity index (χ1v) is 6.24. The van der Waals surface area contributed by atoms with Gasteiger partial charge in [0.25, 0.3) is 0 Å². The summed E-state index contributed by atoms with van der Waals surface area (Å²) < 4.78 is 7.57. The minimum Gasteiger partial charge on any atom is -0.374 e. The molecule has 0 saturated carbocycles. The lowest BCUT2D eigenvalue weighted by Crippen LogP contribution is -2.24. The summed E-state index contributed by atoms with van der Waals surface area (Å²) in [6.07, 6.45) is 2.72. The van der Waals surface area contributed by atoms with E-state index in [0.29, 0.717) is 6.61 Å². The molecule has 1 aromatic rings. The zero-order valence-corrected chi connectivity index (χ0v) is 11.4. The lowest BCUT2D eigenvalue weighted by Gasteiger charge is -2.19. The van der Waals surface area contributed by atoms with E-state index in [2.05, 4.69) is 43.1 Å². The van der Waals surface area contributed by atoms with Gasteiger partial charge in [-0.15, -0.1) is 0 Å². The first kappa shape index (κ1) is 14.1. The molecule has 0 fully saturated rings. The molecule has 0 aromatic carbocycles. The van der Waals surface area contributed by atoms with Crippen LogP contribution in [0.3, 0.4) is 0 Å². The first-order chi connectivity index (χ1) is 8.03. The monoisotopic (exact) mass is 240 g/mol. The number of hydrogen-bond acceptors (Lipinski definition) is 4. The standard InChI is InChI=1S/C12H24N4O/c1-5-6-13-9-11-14-10-15-16(11)7-8-17-12(2,3)4/h10,13H,5-9H2,1-4H3. The third-order valence-corrected chi connectivity index (χ3v) is 2.24. The Bertz CT molecular complexity index is 317. The number of aromatic nitrogens is 3. The molecule has 0 aliphatic carbocycles. The fourth-order valence-electron chi connectivity index (χ4n) is 1.43.